The van der Waals surface area contributed by atoms with E-state index in [0.29, 0.717) is 23.6 Å². The molecule has 3 rings (SSSR count). The van der Waals surface area contributed by atoms with E-state index in [1.807, 2.05) is 6.07 Å². The van der Waals surface area contributed by atoms with Crippen LogP contribution in [0.4, 0.5) is 0 Å². The molecule has 1 aromatic carbocycles. The molecular formula is C13H14N2O2. The molecule has 0 bridgehead atoms. The lowest BCUT2D eigenvalue weighted by atomic mass is 10.1. The minimum atomic E-state index is 0.212. The first-order valence-corrected chi connectivity index (χ1v) is 5.87. The van der Waals surface area contributed by atoms with Crippen molar-refractivity contribution in [3.63, 3.8) is 0 Å². The second kappa shape index (κ2) is 3.87. The number of phenolic OH excluding ortho intramolecular Hbond substituents is 1. The summed E-state index contributed by atoms with van der Waals surface area (Å²) in [5.74, 6) is 2.50. The van der Waals surface area contributed by atoms with Gasteiger partial charge in [-0.05, 0) is 30.9 Å². The van der Waals surface area contributed by atoms with Gasteiger partial charge in [-0.2, -0.15) is 4.98 Å². The molecule has 0 saturated heterocycles. The van der Waals surface area contributed by atoms with Crippen LogP contribution in [0.15, 0.2) is 28.8 Å². The molecule has 88 valence electrons. The summed E-state index contributed by atoms with van der Waals surface area (Å²) in [6, 6.07) is 6.88. The average molecular weight is 230 g/mol. The van der Waals surface area contributed by atoms with E-state index in [4.69, 9.17) is 4.52 Å². The maximum atomic E-state index is 9.40. The van der Waals surface area contributed by atoms with Crippen molar-refractivity contribution in [2.24, 2.45) is 5.92 Å². The fourth-order valence-corrected chi connectivity index (χ4v) is 1.98. The summed E-state index contributed by atoms with van der Waals surface area (Å²) in [5.41, 5.74) is 0.781. The number of phenols is 1. The maximum absolute atomic E-state index is 9.40. The lowest BCUT2D eigenvalue weighted by Gasteiger charge is -2.01. The summed E-state index contributed by atoms with van der Waals surface area (Å²) >= 11 is 0. The fourth-order valence-electron chi connectivity index (χ4n) is 1.98. The van der Waals surface area contributed by atoms with E-state index in [9.17, 15) is 5.11 Å². The van der Waals surface area contributed by atoms with Crippen molar-refractivity contribution in [3.8, 4) is 17.1 Å². The molecule has 4 nitrogen and oxygen atoms in total. The van der Waals surface area contributed by atoms with Crippen molar-refractivity contribution < 1.29 is 9.63 Å². The zero-order chi connectivity index (χ0) is 11.8. The molecular weight excluding hydrogens is 216 g/mol. The Hall–Kier alpha value is -1.84. The largest absolute Gasteiger partial charge is 0.508 e. The Morgan fingerprint density at radius 1 is 1.41 bits per heavy atom. The Morgan fingerprint density at radius 3 is 2.94 bits per heavy atom. The molecule has 1 aliphatic carbocycles. The molecule has 2 aromatic rings. The number of benzene rings is 1. The third-order valence-electron chi connectivity index (χ3n) is 3.26. The first kappa shape index (κ1) is 10.3. The monoisotopic (exact) mass is 230 g/mol. The molecule has 1 fully saturated rings. The molecule has 0 amide bonds. The summed E-state index contributed by atoms with van der Waals surface area (Å²) in [5, 5.41) is 13.4. The lowest BCUT2D eigenvalue weighted by molar-refractivity contribution is 0.349. The van der Waals surface area contributed by atoms with Crippen LogP contribution < -0.4 is 0 Å². The highest BCUT2D eigenvalue weighted by Gasteiger charge is 2.32. The smallest absolute Gasteiger partial charge is 0.230 e. The topological polar surface area (TPSA) is 59.2 Å². The molecule has 17 heavy (non-hydrogen) atoms. The Kier molecular flexibility index (Phi) is 2.35. The van der Waals surface area contributed by atoms with Gasteiger partial charge in [-0.3, -0.25) is 0 Å². The maximum Gasteiger partial charge on any atom is 0.230 e. The second-order valence-corrected chi connectivity index (χ2v) is 4.63. The van der Waals surface area contributed by atoms with E-state index >= 15 is 0 Å². The van der Waals surface area contributed by atoms with Gasteiger partial charge in [-0.25, -0.2) is 0 Å². The standard InChI is InChI=1S/C13H14N2O2/c1-8(9-5-6-9)13-14-12(15-17-13)10-3-2-4-11(16)7-10/h2-4,7-9,16H,5-6H2,1H3. The van der Waals surface area contributed by atoms with Gasteiger partial charge in [0, 0.05) is 11.5 Å². The van der Waals surface area contributed by atoms with Gasteiger partial charge < -0.3 is 9.63 Å². The van der Waals surface area contributed by atoms with Crippen molar-refractivity contribution in [1.82, 2.24) is 10.1 Å². The predicted molar refractivity (Wildman–Crippen MR) is 62.5 cm³/mol. The van der Waals surface area contributed by atoms with Crippen LogP contribution >= 0.6 is 0 Å². The van der Waals surface area contributed by atoms with Crippen molar-refractivity contribution in [2.45, 2.75) is 25.7 Å². The van der Waals surface area contributed by atoms with Crippen LogP contribution in [0.5, 0.6) is 5.75 Å². The van der Waals surface area contributed by atoms with Gasteiger partial charge in [0.2, 0.25) is 11.7 Å². The molecule has 1 aliphatic rings. The highest BCUT2D eigenvalue weighted by molar-refractivity contribution is 5.56. The first-order chi connectivity index (χ1) is 8.24. The van der Waals surface area contributed by atoms with Crippen molar-refractivity contribution in [1.29, 1.82) is 0 Å². The molecule has 1 aromatic heterocycles. The van der Waals surface area contributed by atoms with Crippen LogP contribution in [0.2, 0.25) is 0 Å². The van der Waals surface area contributed by atoms with E-state index < -0.39 is 0 Å². The molecule has 0 spiro atoms. The minimum Gasteiger partial charge on any atom is -0.508 e. The zero-order valence-electron chi connectivity index (χ0n) is 9.63. The number of aromatic nitrogens is 2. The van der Waals surface area contributed by atoms with Crippen molar-refractivity contribution in [2.75, 3.05) is 0 Å². The van der Waals surface area contributed by atoms with Crippen LogP contribution in [-0.4, -0.2) is 15.2 Å². The number of aromatic hydroxyl groups is 1. The van der Waals surface area contributed by atoms with Crippen LogP contribution in [0.3, 0.4) is 0 Å². The summed E-state index contributed by atoms with van der Waals surface area (Å²) in [6.07, 6.45) is 2.51. The highest BCUT2D eigenvalue weighted by atomic mass is 16.5. The molecule has 4 heteroatoms. The van der Waals surface area contributed by atoms with E-state index in [1.165, 1.54) is 12.8 Å². The normalized spacial score (nSPS) is 17.0. The molecule has 1 saturated carbocycles. The molecule has 1 heterocycles. The summed E-state index contributed by atoms with van der Waals surface area (Å²) in [4.78, 5) is 4.39. The van der Waals surface area contributed by atoms with Crippen molar-refractivity contribution >= 4 is 0 Å². The fraction of sp³-hybridized carbons (Fsp3) is 0.385. The minimum absolute atomic E-state index is 0.212. The molecule has 1 atom stereocenters. The van der Waals surface area contributed by atoms with Gasteiger partial charge in [0.25, 0.3) is 0 Å². The van der Waals surface area contributed by atoms with Crippen molar-refractivity contribution in [3.05, 3.63) is 30.2 Å². The first-order valence-electron chi connectivity index (χ1n) is 5.87. The molecule has 0 aliphatic heterocycles. The van der Waals surface area contributed by atoms with Gasteiger partial charge >= 0.3 is 0 Å². The third kappa shape index (κ3) is 2.02. The summed E-state index contributed by atoms with van der Waals surface area (Å²) in [6.45, 7) is 2.12. The highest BCUT2D eigenvalue weighted by Crippen LogP contribution is 2.41. The van der Waals surface area contributed by atoms with E-state index in [-0.39, 0.29) is 5.75 Å². The number of rotatable bonds is 3. The molecule has 1 unspecified atom stereocenters. The molecule has 1 N–H and O–H groups in total. The second-order valence-electron chi connectivity index (χ2n) is 4.63. The zero-order valence-corrected chi connectivity index (χ0v) is 9.63. The van der Waals surface area contributed by atoms with Crippen LogP contribution in [0.1, 0.15) is 31.6 Å². The summed E-state index contributed by atoms with van der Waals surface area (Å²) < 4.78 is 5.28. The van der Waals surface area contributed by atoms with Gasteiger partial charge in [0.05, 0.1) is 0 Å². The van der Waals surface area contributed by atoms with Crippen LogP contribution in [-0.2, 0) is 0 Å². The Balaban J connectivity index is 1.89. The van der Waals surface area contributed by atoms with Gasteiger partial charge in [-0.15, -0.1) is 0 Å². The van der Waals surface area contributed by atoms with E-state index in [0.717, 1.165) is 5.56 Å². The van der Waals surface area contributed by atoms with Crippen LogP contribution in [0.25, 0.3) is 11.4 Å². The quantitative estimate of drug-likeness (QED) is 0.880. The Labute approximate surface area is 99.3 Å². The number of hydrogen-bond acceptors (Lipinski definition) is 4. The number of hydrogen-bond donors (Lipinski definition) is 1. The lowest BCUT2D eigenvalue weighted by Crippen LogP contribution is -1.95. The third-order valence-corrected chi connectivity index (χ3v) is 3.26. The average Bonchev–Trinajstić information content (AvgIpc) is 3.05. The Bertz CT molecular complexity index is 532. The van der Waals surface area contributed by atoms with Gasteiger partial charge in [-0.1, -0.05) is 24.2 Å². The van der Waals surface area contributed by atoms with Crippen LogP contribution in [0, 0.1) is 5.92 Å². The van der Waals surface area contributed by atoms with E-state index in [1.54, 1.807) is 18.2 Å². The Morgan fingerprint density at radius 2 is 2.24 bits per heavy atom. The SMILES string of the molecule is CC(c1nc(-c2cccc(O)c2)no1)C1CC1. The molecule has 0 radical (unpaired) electrons. The van der Waals surface area contributed by atoms with Gasteiger partial charge in [0.1, 0.15) is 5.75 Å². The van der Waals surface area contributed by atoms with Gasteiger partial charge in [0.15, 0.2) is 0 Å². The number of nitrogens with zero attached hydrogens (tertiary/aromatic N) is 2. The predicted octanol–water partition coefficient (Wildman–Crippen LogP) is 2.96. The van der Waals surface area contributed by atoms with E-state index in [2.05, 4.69) is 17.1 Å². The summed E-state index contributed by atoms with van der Waals surface area (Å²) in [7, 11) is 0.